The molecular weight excluding hydrogens is 236 g/mol. The average molecular weight is 245 g/mol. The number of nitro benzene ring substituents is 1. The number of nitro groups is 1. The minimum Gasteiger partial charge on any atom is -0.367 e. The first-order chi connectivity index (χ1) is 8.00. The van der Waals surface area contributed by atoms with Crippen LogP contribution < -0.4 is 0 Å². The van der Waals surface area contributed by atoms with Gasteiger partial charge in [0.05, 0.1) is 4.92 Å². The summed E-state index contributed by atoms with van der Waals surface area (Å²) in [7, 11) is 0. The molecule has 0 heterocycles. The highest BCUT2D eigenvalue weighted by Crippen LogP contribution is 2.12. The van der Waals surface area contributed by atoms with Gasteiger partial charge in [-0.2, -0.15) is 0 Å². The third-order valence-electron chi connectivity index (χ3n) is 1.88. The molecule has 0 N–H and O–H groups in total. The fourth-order valence-electron chi connectivity index (χ4n) is 1.09. The number of carbonyl (C=O) groups excluding carboxylic acids is 1. The van der Waals surface area contributed by atoms with Crippen LogP contribution in [0.25, 0.3) is 0 Å². The number of carbonyl (C=O) groups is 1. The van der Waals surface area contributed by atoms with Crippen molar-refractivity contribution >= 4 is 11.5 Å². The van der Waals surface area contributed by atoms with Crippen molar-refractivity contribution in [1.82, 2.24) is 0 Å². The second-order valence-electron chi connectivity index (χ2n) is 3.13. The number of ketones is 1. The molecule has 0 saturated carbocycles. The lowest BCUT2D eigenvalue weighted by molar-refractivity contribution is -0.384. The Kier molecular flexibility index (Phi) is 4.65. The van der Waals surface area contributed by atoms with E-state index in [0.717, 1.165) is 0 Å². The monoisotopic (exact) mass is 245 g/mol. The van der Waals surface area contributed by atoms with Crippen LogP contribution in [0.4, 0.5) is 14.5 Å². The van der Waals surface area contributed by atoms with Gasteiger partial charge in [-0.05, 0) is 12.1 Å². The Labute approximate surface area is 95.2 Å². The molecule has 0 spiro atoms. The number of hydrogen-bond donors (Lipinski definition) is 0. The van der Waals surface area contributed by atoms with Crippen molar-refractivity contribution in [2.75, 3.05) is 13.2 Å². The van der Waals surface area contributed by atoms with Gasteiger partial charge in [0.25, 0.3) is 12.1 Å². The molecule has 0 aliphatic heterocycles. The van der Waals surface area contributed by atoms with Crippen LogP contribution in [0.5, 0.6) is 0 Å². The molecule has 0 aliphatic rings. The molecule has 1 aromatic carbocycles. The molecule has 0 amide bonds. The lowest BCUT2D eigenvalue weighted by atomic mass is 10.1. The molecule has 5 nitrogen and oxygen atoms in total. The van der Waals surface area contributed by atoms with E-state index in [0.29, 0.717) is 0 Å². The summed E-state index contributed by atoms with van der Waals surface area (Å²) >= 11 is 0. The van der Waals surface area contributed by atoms with Crippen molar-refractivity contribution in [3.05, 3.63) is 39.9 Å². The fourth-order valence-corrected chi connectivity index (χ4v) is 1.09. The number of Topliss-reactive ketones (excluding diaryl/α,β-unsaturated/α-hetero) is 1. The van der Waals surface area contributed by atoms with E-state index in [4.69, 9.17) is 0 Å². The highest BCUT2D eigenvalue weighted by Gasteiger charge is 2.10. The molecule has 0 bridgehead atoms. The summed E-state index contributed by atoms with van der Waals surface area (Å²) in [6, 6.07) is 4.85. The number of benzene rings is 1. The van der Waals surface area contributed by atoms with Gasteiger partial charge in [0.2, 0.25) is 0 Å². The maximum atomic E-state index is 11.7. The summed E-state index contributed by atoms with van der Waals surface area (Å²) < 4.78 is 27.9. The van der Waals surface area contributed by atoms with Gasteiger partial charge >= 0.3 is 0 Å². The summed E-state index contributed by atoms with van der Waals surface area (Å²) in [5.41, 5.74) is 0.0416. The van der Waals surface area contributed by atoms with E-state index >= 15 is 0 Å². The van der Waals surface area contributed by atoms with E-state index in [-0.39, 0.29) is 11.3 Å². The molecule has 1 rings (SSSR count). The summed E-state index contributed by atoms with van der Waals surface area (Å²) in [6.45, 7) is -1.28. The number of hydrogen-bond acceptors (Lipinski definition) is 4. The first-order valence-electron chi connectivity index (χ1n) is 4.64. The van der Waals surface area contributed by atoms with Crippen LogP contribution in [-0.2, 0) is 4.74 Å². The molecule has 0 fully saturated rings. The van der Waals surface area contributed by atoms with Gasteiger partial charge in [-0.3, -0.25) is 14.9 Å². The molecule has 0 radical (unpaired) electrons. The van der Waals surface area contributed by atoms with Gasteiger partial charge in [0, 0.05) is 17.7 Å². The van der Waals surface area contributed by atoms with Crippen LogP contribution in [0.1, 0.15) is 10.4 Å². The molecule has 0 atom stereocenters. The zero-order valence-corrected chi connectivity index (χ0v) is 8.64. The van der Waals surface area contributed by atoms with Crippen molar-refractivity contribution in [2.45, 2.75) is 6.43 Å². The molecule has 0 aromatic heterocycles. The Morgan fingerprint density at radius 2 is 1.94 bits per heavy atom. The van der Waals surface area contributed by atoms with E-state index in [1.165, 1.54) is 24.3 Å². The molecular formula is C10H9F2NO4. The summed E-state index contributed by atoms with van der Waals surface area (Å²) in [4.78, 5) is 21.1. The first-order valence-corrected chi connectivity index (χ1v) is 4.64. The number of ether oxygens (including phenoxy) is 1. The van der Waals surface area contributed by atoms with Gasteiger partial charge in [0.15, 0.2) is 5.78 Å². The summed E-state index contributed by atoms with van der Waals surface area (Å²) in [5, 5.41) is 10.3. The molecule has 92 valence electrons. The Morgan fingerprint density at radius 3 is 2.41 bits per heavy atom. The molecule has 7 heteroatoms. The minimum atomic E-state index is -2.63. The van der Waals surface area contributed by atoms with Crippen LogP contribution in [0, 0.1) is 10.1 Å². The van der Waals surface area contributed by atoms with E-state index in [2.05, 4.69) is 4.74 Å². The maximum absolute atomic E-state index is 11.7. The highest BCUT2D eigenvalue weighted by molar-refractivity contribution is 5.97. The van der Waals surface area contributed by atoms with Crippen LogP contribution in [0.3, 0.4) is 0 Å². The standard InChI is InChI=1S/C10H9F2NO4/c11-10(12)6-17-5-9(14)7-1-3-8(4-2-7)13(15)16/h1-4,10H,5-6H2. The van der Waals surface area contributed by atoms with Crippen LogP contribution in [-0.4, -0.2) is 30.3 Å². The predicted molar refractivity (Wildman–Crippen MR) is 54.2 cm³/mol. The number of non-ortho nitro benzene ring substituents is 1. The summed E-state index contributed by atoms with van der Waals surface area (Å²) in [5.74, 6) is -0.499. The minimum absolute atomic E-state index is 0.143. The van der Waals surface area contributed by atoms with Gasteiger partial charge in [-0.25, -0.2) is 8.78 Å². The Hall–Kier alpha value is -1.89. The van der Waals surface area contributed by atoms with E-state index < -0.39 is 30.3 Å². The van der Waals surface area contributed by atoms with Crippen LogP contribution >= 0.6 is 0 Å². The normalized spacial score (nSPS) is 10.5. The van der Waals surface area contributed by atoms with Crippen molar-refractivity contribution in [3.63, 3.8) is 0 Å². The van der Waals surface area contributed by atoms with Gasteiger partial charge in [-0.15, -0.1) is 0 Å². The first kappa shape index (κ1) is 13.2. The second-order valence-corrected chi connectivity index (χ2v) is 3.13. The van der Waals surface area contributed by atoms with E-state index in [1.54, 1.807) is 0 Å². The van der Waals surface area contributed by atoms with E-state index in [9.17, 15) is 23.7 Å². The quantitative estimate of drug-likeness (QED) is 0.437. The van der Waals surface area contributed by atoms with Crippen molar-refractivity contribution in [1.29, 1.82) is 0 Å². The number of alkyl halides is 2. The van der Waals surface area contributed by atoms with E-state index in [1.807, 2.05) is 0 Å². The predicted octanol–water partition coefficient (Wildman–Crippen LogP) is 2.06. The SMILES string of the molecule is O=C(COCC(F)F)c1ccc([N+](=O)[O-])cc1. The van der Waals surface area contributed by atoms with Crippen LogP contribution in [0.2, 0.25) is 0 Å². The van der Waals surface area contributed by atoms with Gasteiger partial charge < -0.3 is 4.74 Å². The lowest BCUT2D eigenvalue weighted by Crippen LogP contribution is -2.13. The topological polar surface area (TPSA) is 69.4 Å². The van der Waals surface area contributed by atoms with Crippen molar-refractivity contribution < 1.29 is 23.2 Å². The Bertz CT molecular complexity index is 405. The molecule has 17 heavy (non-hydrogen) atoms. The van der Waals surface area contributed by atoms with Crippen LogP contribution in [0.15, 0.2) is 24.3 Å². The Balaban J connectivity index is 2.55. The number of halogens is 2. The summed E-state index contributed by atoms with van der Waals surface area (Å²) in [6.07, 6.45) is -2.63. The largest absolute Gasteiger partial charge is 0.367 e. The van der Waals surface area contributed by atoms with Gasteiger partial charge in [-0.1, -0.05) is 0 Å². The number of rotatable bonds is 6. The number of nitrogens with zero attached hydrogens (tertiary/aromatic N) is 1. The maximum Gasteiger partial charge on any atom is 0.269 e. The molecule has 1 aromatic rings. The third kappa shape index (κ3) is 4.23. The zero-order valence-electron chi connectivity index (χ0n) is 8.64. The molecule has 0 saturated heterocycles. The lowest BCUT2D eigenvalue weighted by Gasteiger charge is -2.02. The zero-order chi connectivity index (χ0) is 12.8. The smallest absolute Gasteiger partial charge is 0.269 e. The Morgan fingerprint density at radius 1 is 1.35 bits per heavy atom. The third-order valence-corrected chi connectivity index (χ3v) is 1.88. The highest BCUT2D eigenvalue weighted by atomic mass is 19.3. The van der Waals surface area contributed by atoms with Gasteiger partial charge in [0.1, 0.15) is 13.2 Å². The average Bonchev–Trinajstić information content (AvgIpc) is 2.28. The van der Waals surface area contributed by atoms with Crippen molar-refractivity contribution in [2.24, 2.45) is 0 Å². The second kappa shape index (κ2) is 6.00. The molecule has 0 unspecified atom stereocenters. The fraction of sp³-hybridized carbons (Fsp3) is 0.300. The molecule has 0 aliphatic carbocycles. The van der Waals surface area contributed by atoms with Crippen molar-refractivity contribution in [3.8, 4) is 0 Å².